The molecule has 72 valence electrons. The van der Waals surface area contributed by atoms with Crippen LogP contribution in [0.2, 0.25) is 0 Å². The van der Waals surface area contributed by atoms with Crippen LogP contribution in [0.1, 0.15) is 0 Å². The topological polar surface area (TPSA) is 29.9 Å². The van der Waals surface area contributed by atoms with Crippen LogP contribution in [-0.4, -0.2) is 28.1 Å². The highest BCUT2D eigenvalue weighted by molar-refractivity contribution is 7.98. The van der Waals surface area contributed by atoms with Gasteiger partial charge in [0.15, 0.2) is 0 Å². The number of thioether (sulfide) groups is 1. The molecule has 0 spiro atoms. The molecule has 1 heterocycles. The Morgan fingerprint density at radius 2 is 2.62 bits per heavy atom. The Hall–Kier alpha value is -0.900. The molecule has 1 rings (SSSR count). The van der Waals surface area contributed by atoms with E-state index in [1.165, 1.54) is 0 Å². The fourth-order valence-electron chi connectivity index (χ4n) is 1.03. The predicted octanol–water partition coefficient (Wildman–Crippen LogP) is 1.84. The molecule has 0 atom stereocenters. The van der Waals surface area contributed by atoms with Gasteiger partial charge in [-0.05, 0) is 6.26 Å². The van der Waals surface area contributed by atoms with Gasteiger partial charge in [0.25, 0.3) is 0 Å². The van der Waals surface area contributed by atoms with Crippen molar-refractivity contribution in [2.24, 2.45) is 0 Å². The summed E-state index contributed by atoms with van der Waals surface area (Å²) in [6.45, 7) is 5.45. The van der Waals surface area contributed by atoms with Gasteiger partial charge in [0.2, 0.25) is 5.95 Å². The van der Waals surface area contributed by atoms with E-state index in [2.05, 4.69) is 23.1 Å². The molecule has 1 N–H and O–H groups in total. The maximum absolute atomic E-state index is 4.20. The number of rotatable bonds is 6. The molecule has 0 aromatic carbocycles. The Balaban J connectivity index is 2.44. The smallest absolute Gasteiger partial charge is 0.203 e. The first kappa shape index (κ1) is 10.2. The van der Waals surface area contributed by atoms with Gasteiger partial charge in [-0.3, -0.25) is 0 Å². The minimum absolute atomic E-state index is 0.807. The van der Waals surface area contributed by atoms with Crippen LogP contribution in [0.25, 0.3) is 0 Å². The molecule has 3 nitrogen and oxygen atoms in total. The molecule has 0 aliphatic carbocycles. The Bertz CT molecular complexity index is 257. The molecule has 4 heteroatoms. The summed E-state index contributed by atoms with van der Waals surface area (Å²) in [5.74, 6) is 2.02. The fourth-order valence-corrected chi connectivity index (χ4v) is 1.33. The van der Waals surface area contributed by atoms with Crippen LogP contribution in [0.3, 0.4) is 0 Å². The lowest BCUT2D eigenvalue weighted by Gasteiger charge is -2.06. The van der Waals surface area contributed by atoms with Crippen molar-refractivity contribution in [2.45, 2.75) is 6.54 Å². The summed E-state index contributed by atoms with van der Waals surface area (Å²) in [5, 5.41) is 3.26. The zero-order chi connectivity index (χ0) is 9.52. The van der Waals surface area contributed by atoms with Gasteiger partial charge in [0.1, 0.15) is 0 Å². The number of imidazole rings is 1. The summed E-state index contributed by atoms with van der Waals surface area (Å²) >= 11 is 1.82. The van der Waals surface area contributed by atoms with E-state index in [0.717, 1.165) is 24.8 Å². The summed E-state index contributed by atoms with van der Waals surface area (Å²) < 4.78 is 2.04. The molecule has 0 radical (unpaired) electrons. The van der Waals surface area contributed by atoms with Crippen molar-refractivity contribution >= 4 is 17.7 Å². The predicted molar refractivity (Wildman–Crippen MR) is 59.3 cm³/mol. The highest BCUT2D eigenvalue weighted by Crippen LogP contribution is 2.04. The van der Waals surface area contributed by atoms with E-state index in [1.807, 2.05) is 28.6 Å². The van der Waals surface area contributed by atoms with Crippen LogP contribution in [0.5, 0.6) is 0 Å². The van der Waals surface area contributed by atoms with Crippen molar-refractivity contribution < 1.29 is 0 Å². The van der Waals surface area contributed by atoms with Gasteiger partial charge in [0.05, 0.1) is 0 Å². The molecule has 0 saturated heterocycles. The van der Waals surface area contributed by atoms with Gasteiger partial charge in [-0.2, -0.15) is 11.8 Å². The highest BCUT2D eigenvalue weighted by Gasteiger charge is 1.98. The van der Waals surface area contributed by atoms with Crippen LogP contribution in [-0.2, 0) is 6.54 Å². The lowest BCUT2D eigenvalue weighted by atomic mass is 10.6. The maximum atomic E-state index is 4.20. The van der Waals surface area contributed by atoms with Crippen molar-refractivity contribution in [1.29, 1.82) is 0 Å². The second kappa shape index (κ2) is 5.70. The molecule has 1 aromatic rings. The van der Waals surface area contributed by atoms with Crippen molar-refractivity contribution in [3.8, 4) is 0 Å². The van der Waals surface area contributed by atoms with Crippen molar-refractivity contribution in [3.05, 3.63) is 25.0 Å². The van der Waals surface area contributed by atoms with E-state index in [0.29, 0.717) is 0 Å². The minimum atomic E-state index is 0.807. The quantitative estimate of drug-likeness (QED) is 0.557. The Morgan fingerprint density at radius 3 is 3.31 bits per heavy atom. The van der Waals surface area contributed by atoms with E-state index < -0.39 is 0 Å². The summed E-state index contributed by atoms with van der Waals surface area (Å²) in [5.41, 5.74) is 0. The molecule has 0 fully saturated rings. The lowest BCUT2D eigenvalue weighted by molar-refractivity contribution is 0.824. The van der Waals surface area contributed by atoms with Gasteiger partial charge >= 0.3 is 0 Å². The molecular formula is C9H15N3S. The largest absolute Gasteiger partial charge is 0.355 e. The monoisotopic (exact) mass is 197 g/mol. The first-order valence-corrected chi connectivity index (χ1v) is 5.62. The van der Waals surface area contributed by atoms with Gasteiger partial charge in [-0.15, -0.1) is 6.58 Å². The average Bonchev–Trinajstić information content (AvgIpc) is 2.54. The molecule has 0 aliphatic heterocycles. The van der Waals surface area contributed by atoms with E-state index in [1.54, 1.807) is 6.20 Å². The van der Waals surface area contributed by atoms with Gasteiger partial charge < -0.3 is 9.88 Å². The van der Waals surface area contributed by atoms with Crippen LogP contribution in [0.15, 0.2) is 25.0 Å². The number of hydrogen-bond donors (Lipinski definition) is 1. The highest BCUT2D eigenvalue weighted by atomic mass is 32.2. The van der Waals surface area contributed by atoms with Gasteiger partial charge in [0, 0.05) is 31.2 Å². The molecule has 0 saturated carbocycles. The summed E-state index contributed by atoms with van der Waals surface area (Å²) in [7, 11) is 0. The second-order valence-electron chi connectivity index (χ2n) is 2.61. The fraction of sp³-hybridized carbons (Fsp3) is 0.444. The summed E-state index contributed by atoms with van der Waals surface area (Å²) in [6, 6.07) is 0. The standard InChI is InChI=1S/C9H15N3S/c1-3-6-12-7-4-10-9(12)11-5-8-13-2/h3-4,7H,1,5-6,8H2,2H3,(H,10,11). The van der Waals surface area contributed by atoms with Crippen molar-refractivity contribution in [2.75, 3.05) is 23.9 Å². The number of allylic oxidation sites excluding steroid dienone is 1. The summed E-state index contributed by atoms with van der Waals surface area (Å²) in [6.07, 6.45) is 7.70. The lowest BCUT2D eigenvalue weighted by Crippen LogP contribution is -2.09. The third-order valence-corrected chi connectivity index (χ3v) is 2.24. The Labute approximate surface area is 83.2 Å². The first-order valence-electron chi connectivity index (χ1n) is 4.23. The van der Waals surface area contributed by atoms with E-state index in [4.69, 9.17) is 0 Å². The minimum Gasteiger partial charge on any atom is -0.355 e. The number of anilines is 1. The molecule has 13 heavy (non-hydrogen) atoms. The van der Waals surface area contributed by atoms with Crippen LogP contribution in [0, 0.1) is 0 Å². The number of aromatic nitrogens is 2. The number of nitrogens with one attached hydrogen (secondary N) is 1. The van der Waals surface area contributed by atoms with Crippen molar-refractivity contribution in [1.82, 2.24) is 9.55 Å². The zero-order valence-electron chi connectivity index (χ0n) is 7.86. The summed E-state index contributed by atoms with van der Waals surface area (Å²) in [4.78, 5) is 4.20. The molecular weight excluding hydrogens is 182 g/mol. The Morgan fingerprint density at radius 1 is 1.77 bits per heavy atom. The molecule has 0 amide bonds. The second-order valence-corrected chi connectivity index (χ2v) is 3.60. The SMILES string of the molecule is C=CCn1ccnc1NCCSC. The first-order chi connectivity index (χ1) is 6.38. The van der Waals surface area contributed by atoms with E-state index in [9.17, 15) is 0 Å². The normalized spacial score (nSPS) is 9.92. The maximum Gasteiger partial charge on any atom is 0.203 e. The third kappa shape index (κ3) is 3.14. The van der Waals surface area contributed by atoms with Crippen LogP contribution < -0.4 is 5.32 Å². The third-order valence-electron chi connectivity index (χ3n) is 1.63. The molecule has 0 unspecified atom stereocenters. The van der Waals surface area contributed by atoms with E-state index in [-0.39, 0.29) is 0 Å². The number of nitrogens with zero attached hydrogens (tertiary/aromatic N) is 2. The zero-order valence-corrected chi connectivity index (χ0v) is 8.68. The van der Waals surface area contributed by atoms with Gasteiger partial charge in [-0.1, -0.05) is 6.08 Å². The molecule has 1 aromatic heterocycles. The Kier molecular flexibility index (Phi) is 4.46. The molecule has 0 aliphatic rings. The number of hydrogen-bond acceptors (Lipinski definition) is 3. The van der Waals surface area contributed by atoms with E-state index >= 15 is 0 Å². The average molecular weight is 197 g/mol. The van der Waals surface area contributed by atoms with Crippen LogP contribution in [0.4, 0.5) is 5.95 Å². The van der Waals surface area contributed by atoms with Gasteiger partial charge in [-0.25, -0.2) is 4.98 Å². The van der Waals surface area contributed by atoms with Crippen molar-refractivity contribution in [3.63, 3.8) is 0 Å². The molecule has 0 bridgehead atoms. The van der Waals surface area contributed by atoms with Crippen LogP contribution >= 0.6 is 11.8 Å².